The van der Waals surface area contributed by atoms with Gasteiger partial charge < -0.3 is 20.5 Å². The number of nitrogens with zero attached hydrogens (tertiary/aromatic N) is 1. The van der Waals surface area contributed by atoms with E-state index in [0.717, 1.165) is 12.8 Å². The average Bonchev–Trinajstić information content (AvgIpc) is 3.44. The molecule has 3 N–H and O–H groups in total. The van der Waals surface area contributed by atoms with E-state index in [-0.39, 0.29) is 49.3 Å². The largest absolute Gasteiger partial charge is 0.460 e. The highest BCUT2D eigenvalue weighted by Gasteiger charge is 2.31. The zero-order chi connectivity index (χ0) is 18.2. The molecule has 0 radical (unpaired) electrons. The first-order valence-corrected chi connectivity index (χ1v) is 8.00. The third kappa shape index (κ3) is 6.40. The molecule has 136 valence electrons. The van der Waals surface area contributed by atoms with Gasteiger partial charge in [0.15, 0.2) is 12.6 Å². The van der Waals surface area contributed by atoms with Crippen molar-refractivity contribution in [1.29, 1.82) is 0 Å². The second kappa shape index (κ2) is 9.00. The van der Waals surface area contributed by atoms with Gasteiger partial charge in [0.05, 0.1) is 5.92 Å². The fraction of sp³-hybridized carbons (Fsp3) is 0.412. The van der Waals surface area contributed by atoms with Crippen LogP contribution in [0.3, 0.4) is 0 Å². The molecule has 0 aliphatic heterocycles. The number of benzene rings is 1. The zero-order valence-electron chi connectivity index (χ0n) is 13.9. The van der Waals surface area contributed by atoms with Gasteiger partial charge in [-0.05, 0) is 30.5 Å². The van der Waals surface area contributed by atoms with E-state index in [1.807, 2.05) is 0 Å². The molecule has 1 aliphatic rings. The number of amidine groups is 1. The molecule has 6 nitrogen and oxygen atoms in total. The Morgan fingerprint density at radius 3 is 2.60 bits per heavy atom. The number of ether oxygens (including phenoxy) is 2. The predicted octanol–water partition coefficient (Wildman–Crippen LogP) is 2.71. The Morgan fingerprint density at radius 2 is 2.00 bits per heavy atom. The maximum absolute atomic E-state index is 13.9. The molecule has 0 bridgehead atoms. The Labute approximate surface area is 144 Å². The summed E-state index contributed by atoms with van der Waals surface area (Å²) in [6, 6.07) is 5.42. The summed E-state index contributed by atoms with van der Waals surface area (Å²) >= 11 is 0. The monoisotopic (exact) mass is 353 g/mol. The van der Waals surface area contributed by atoms with Gasteiger partial charge in [0.2, 0.25) is 0 Å². The van der Waals surface area contributed by atoms with E-state index in [2.05, 4.69) is 10.3 Å². The predicted molar refractivity (Wildman–Crippen MR) is 88.1 cm³/mol. The van der Waals surface area contributed by atoms with E-state index in [9.17, 15) is 13.6 Å². The third-order valence-electron chi connectivity index (χ3n) is 3.45. The molecule has 0 aromatic heterocycles. The van der Waals surface area contributed by atoms with Crippen molar-refractivity contribution >= 4 is 12.0 Å². The summed E-state index contributed by atoms with van der Waals surface area (Å²) in [4.78, 5) is 15.3. The lowest BCUT2D eigenvalue weighted by molar-refractivity contribution is -0.145. The Kier molecular flexibility index (Phi) is 6.73. The van der Waals surface area contributed by atoms with Gasteiger partial charge >= 0.3 is 5.97 Å². The fourth-order valence-corrected chi connectivity index (χ4v) is 1.86. The molecule has 25 heavy (non-hydrogen) atoms. The van der Waals surface area contributed by atoms with Crippen LogP contribution in [-0.2, 0) is 20.9 Å². The van der Waals surface area contributed by atoms with Crippen LogP contribution in [0.25, 0.3) is 0 Å². The number of hydrogen-bond donors (Lipinski definition) is 2. The average molecular weight is 353 g/mol. The number of esters is 1. The summed E-state index contributed by atoms with van der Waals surface area (Å²) in [5.41, 5.74) is 6.33. The number of allylic oxidation sites excluding steroid dienone is 1. The van der Waals surface area contributed by atoms with Gasteiger partial charge in [-0.3, -0.25) is 4.79 Å². The highest BCUT2D eigenvalue weighted by molar-refractivity contribution is 5.75. The number of carbonyl (C=O) groups is 1. The molecule has 0 spiro atoms. The molecule has 0 amide bonds. The first kappa shape index (κ1) is 18.7. The molecule has 1 saturated carbocycles. The van der Waals surface area contributed by atoms with Gasteiger partial charge in [-0.1, -0.05) is 19.1 Å². The smallest absolute Gasteiger partial charge is 0.310 e. The molecule has 1 fully saturated rings. The minimum atomic E-state index is -0.546. The molecule has 0 atom stereocenters. The fourth-order valence-electron chi connectivity index (χ4n) is 1.86. The number of nitrogens with one attached hydrogen (secondary N) is 1. The van der Waals surface area contributed by atoms with Crippen LogP contribution in [0.2, 0.25) is 0 Å². The number of halogens is 2. The van der Waals surface area contributed by atoms with Crippen molar-refractivity contribution in [3.8, 4) is 0 Å². The molecule has 0 saturated heterocycles. The second-order valence-electron chi connectivity index (χ2n) is 5.53. The van der Waals surface area contributed by atoms with Gasteiger partial charge in [-0.15, -0.1) is 0 Å². The summed E-state index contributed by atoms with van der Waals surface area (Å²) in [6.07, 6.45) is 1.74. The molecular formula is C17H21F2N3O3. The van der Waals surface area contributed by atoms with Crippen molar-refractivity contribution in [2.75, 3.05) is 6.73 Å². The molecule has 1 aromatic carbocycles. The first-order chi connectivity index (χ1) is 12.0. The Balaban J connectivity index is 1.88. The molecule has 0 heterocycles. The molecule has 1 aromatic rings. The quantitative estimate of drug-likeness (QED) is 0.325. The Hall–Kier alpha value is -2.64. The van der Waals surface area contributed by atoms with E-state index in [0.29, 0.717) is 5.56 Å². The van der Waals surface area contributed by atoms with Gasteiger partial charge in [-0.2, -0.15) is 4.99 Å². The normalized spacial score (nSPS) is 15.4. The number of nitrogens with two attached hydrogens (primary N) is 1. The van der Waals surface area contributed by atoms with Crippen molar-refractivity contribution in [3.05, 3.63) is 47.3 Å². The number of hydrogen-bond acceptors (Lipinski definition) is 5. The topological polar surface area (TPSA) is 85.9 Å². The van der Waals surface area contributed by atoms with Crippen molar-refractivity contribution < 1.29 is 23.0 Å². The maximum atomic E-state index is 13.9. The molecule has 1 aliphatic carbocycles. The van der Waals surface area contributed by atoms with Crippen LogP contribution in [0, 0.1) is 11.7 Å². The highest BCUT2D eigenvalue weighted by Crippen LogP contribution is 2.29. The summed E-state index contributed by atoms with van der Waals surface area (Å²) in [5, 5.41) is 2.59. The second-order valence-corrected chi connectivity index (χ2v) is 5.53. The van der Waals surface area contributed by atoms with Crippen LogP contribution >= 0.6 is 0 Å². The van der Waals surface area contributed by atoms with Gasteiger partial charge in [0.1, 0.15) is 18.3 Å². The lowest BCUT2D eigenvalue weighted by Gasteiger charge is -2.10. The van der Waals surface area contributed by atoms with Crippen molar-refractivity contribution in [2.24, 2.45) is 16.6 Å². The van der Waals surface area contributed by atoms with Crippen LogP contribution in [0.15, 0.2) is 40.9 Å². The van der Waals surface area contributed by atoms with Gasteiger partial charge in [0, 0.05) is 6.42 Å². The SMILES string of the molecule is CC/C(F)=C(\N=C(/N)OCc1ccc(F)cc1)NCOC(=O)C1CC1. The number of aliphatic imine (C=N–C) groups is 1. The van der Waals surface area contributed by atoms with Crippen molar-refractivity contribution in [2.45, 2.75) is 32.8 Å². The van der Waals surface area contributed by atoms with E-state index in [1.54, 1.807) is 19.1 Å². The summed E-state index contributed by atoms with van der Waals surface area (Å²) < 4.78 is 36.9. The Morgan fingerprint density at radius 1 is 1.32 bits per heavy atom. The van der Waals surface area contributed by atoms with Crippen LogP contribution in [0.5, 0.6) is 0 Å². The van der Waals surface area contributed by atoms with Crippen LogP contribution < -0.4 is 11.1 Å². The number of carbonyl (C=O) groups excluding carboxylic acids is 1. The molecule has 8 heteroatoms. The number of rotatable bonds is 8. The zero-order valence-corrected chi connectivity index (χ0v) is 13.9. The lowest BCUT2D eigenvalue weighted by atomic mass is 10.2. The first-order valence-electron chi connectivity index (χ1n) is 8.00. The highest BCUT2D eigenvalue weighted by atomic mass is 19.1. The van der Waals surface area contributed by atoms with Crippen LogP contribution in [0.1, 0.15) is 31.7 Å². The van der Waals surface area contributed by atoms with E-state index < -0.39 is 5.83 Å². The van der Waals surface area contributed by atoms with Crippen molar-refractivity contribution in [3.63, 3.8) is 0 Å². The molecular weight excluding hydrogens is 332 g/mol. The van der Waals surface area contributed by atoms with Crippen molar-refractivity contribution in [1.82, 2.24) is 5.32 Å². The summed E-state index contributed by atoms with van der Waals surface area (Å²) in [5.74, 6) is -1.41. The van der Waals surface area contributed by atoms with Gasteiger partial charge in [0.25, 0.3) is 6.02 Å². The maximum Gasteiger partial charge on any atom is 0.310 e. The standard InChI is InChI=1S/C17H21F2N3O3/c1-2-14(19)15(21-10-25-16(23)12-5-6-12)22-17(20)24-9-11-3-7-13(18)8-4-11/h3-4,7-8,12,21H,2,5-6,9-10H2,1H3,(H2,20,22)/b15-14+. The van der Waals surface area contributed by atoms with Gasteiger partial charge in [-0.25, -0.2) is 8.78 Å². The summed E-state index contributed by atoms with van der Waals surface area (Å²) in [6.45, 7) is 1.47. The minimum absolute atomic E-state index is 0.0436. The lowest BCUT2D eigenvalue weighted by Crippen LogP contribution is -2.24. The molecule has 0 unspecified atom stereocenters. The van der Waals surface area contributed by atoms with E-state index in [4.69, 9.17) is 15.2 Å². The Bertz CT molecular complexity index is 656. The molecule has 2 rings (SSSR count). The minimum Gasteiger partial charge on any atom is -0.460 e. The third-order valence-corrected chi connectivity index (χ3v) is 3.45. The van der Waals surface area contributed by atoms with Crippen LogP contribution in [0.4, 0.5) is 8.78 Å². The van der Waals surface area contributed by atoms with E-state index in [1.165, 1.54) is 12.1 Å². The van der Waals surface area contributed by atoms with Crippen LogP contribution in [-0.4, -0.2) is 18.7 Å². The van der Waals surface area contributed by atoms with E-state index >= 15 is 0 Å². The summed E-state index contributed by atoms with van der Waals surface area (Å²) in [7, 11) is 0.